The van der Waals surface area contributed by atoms with Gasteiger partial charge in [-0.1, -0.05) is 28.1 Å². The number of halogens is 1. The molecular formula is C26H20BrN3O6S. The summed E-state index contributed by atoms with van der Waals surface area (Å²) in [6.45, 7) is 2.34. The number of anilines is 1. The first-order chi connectivity index (χ1) is 17.8. The molecule has 0 aromatic heterocycles. The molecule has 188 valence electrons. The molecule has 1 heterocycles. The SMILES string of the molecule is CCOc1cc(/C=C2\C(=O)NC(=S)N(c3cccc(Br)c3)C2=O)ccc1OCc1ccc([N+](=O)[O-])cc1. The molecule has 0 radical (unpaired) electrons. The van der Waals surface area contributed by atoms with Gasteiger partial charge >= 0.3 is 0 Å². The first-order valence-electron chi connectivity index (χ1n) is 11.1. The van der Waals surface area contributed by atoms with Gasteiger partial charge in [-0.15, -0.1) is 0 Å². The van der Waals surface area contributed by atoms with Gasteiger partial charge in [0.15, 0.2) is 16.6 Å². The first kappa shape index (κ1) is 26.0. The zero-order valence-electron chi connectivity index (χ0n) is 19.5. The lowest BCUT2D eigenvalue weighted by molar-refractivity contribution is -0.384. The second-order valence-electron chi connectivity index (χ2n) is 7.79. The van der Waals surface area contributed by atoms with Gasteiger partial charge in [0, 0.05) is 16.6 Å². The number of ether oxygens (including phenoxy) is 2. The number of hydrogen-bond acceptors (Lipinski definition) is 7. The summed E-state index contributed by atoms with van der Waals surface area (Å²) in [5.41, 5.74) is 1.71. The van der Waals surface area contributed by atoms with Crippen LogP contribution in [0.3, 0.4) is 0 Å². The van der Waals surface area contributed by atoms with E-state index in [4.69, 9.17) is 21.7 Å². The molecule has 1 aliphatic heterocycles. The largest absolute Gasteiger partial charge is 0.490 e. The molecule has 1 saturated heterocycles. The summed E-state index contributed by atoms with van der Waals surface area (Å²) in [7, 11) is 0. The van der Waals surface area contributed by atoms with E-state index in [9.17, 15) is 19.7 Å². The van der Waals surface area contributed by atoms with Gasteiger partial charge in [-0.3, -0.25) is 29.9 Å². The molecule has 0 saturated carbocycles. The third kappa shape index (κ3) is 6.01. The zero-order valence-corrected chi connectivity index (χ0v) is 21.9. The molecule has 9 nitrogen and oxygen atoms in total. The predicted molar refractivity (Wildman–Crippen MR) is 145 cm³/mol. The number of amides is 2. The molecule has 0 aliphatic carbocycles. The zero-order chi connectivity index (χ0) is 26.5. The van der Waals surface area contributed by atoms with Crippen molar-refractivity contribution >= 4 is 62.5 Å². The number of carbonyl (C=O) groups is 2. The highest BCUT2D eigenvalue weighted by Gasteiger charge is 2.34. The van der Waals surface area contributed by atoms with Crippen LogP contribution < -0.4 is 19.7 Å². The van der Waals surface area contributed by atoms with Gasteiger partial charge in [-0.2, -0.15) is 0 Å². The molecule has 0 spiro atoms. The lowest BCUT2D eigenvalue weighted by Crippen LogP contribution is -2.54. The minimum absolute atomic E-state index is 0.00308. The summed E-state index contributed by atoms with van der Waals surface area (Å²) in [5.74, 6) is -0.290. The Bertz CT molecular complexity index is 1420. The molecule has 37 heavy (non-hydrogen) atoms. The minimum Gasteiger partial charge on any atom is -0.490 e. The number of carbonyl (C=O) groups excluding carboxylic acids is 2. The fourth-order valence-electron chi connectivity index (χ4n) is 3.55. The number of nitro groups is 1. The van der Waals surface area contributed by atoms with Crippen molar-refractivity contribution in [2.75, 3.05) is 11.5 Å². The van der Waals surface area contributed by atoms with Crippen LogP contribution in [0.25, 0.3) is 6.08 Å². The molecule has 2 amide bonds. The molecule has 11 heteroatoms. The van der Waals surface area contributed by atoms with Crippen LogP contribution in [0, 0.1) is 10.1 Å². The molecular weight excluding hydrogens is 562 g/mol. The Labute approximate surface area is 226 Å². The van der Waals surface area contributed by atoms with Crippen molar-refractivity contribution in [3.8, 4) is 11.5 Å². The molecule has 1 N–H and O–H groups in total. The van der Waals surface area contributed by atoms with Crippen LogP contribution in [-0.2, 0) is 16.2 Å². The Balaban J connectivity index is 1.58. The van der Waals surface area contributed by atoms with E-state index in [0.717, 1.165) is 10.0 Å². The van der Waals surface area contributed by atoms with Crippen LogP contribution in [-0.4, -0.2) is 28.5 Å². The lowest BCUT2D eigenvalue weighted by atomic mass is 10.1. The Morgan fingerprint density at radius 3 is 2.49 bits per heavy atom. The van der Waals surface area contributed by atoms with Crippen molar-refractivity contribution in [2.24, 2.45) is 0 Å². The number of hydrogen-bond donors (Lipinski definition) is 1. The van der Waals surface area contributed by atoms with Crippen LogP contribution >= 0.6 is 28.1 Å². The number of nitrogens with one attached hydrogen (secondary N) is 1. The second kappa shape index (κ2) is 11.3. The van der Waals surface area contributed by atoms with E-state index in [2.05, 4.69) is 21.2 Å². The Hall–Kier alpha value is -4.09. The molecule has 0 atom stereocenters. The minimum atomic E-state index is -0.599. The van der Waals surface area contributed by atoms with Gasteiger partial charge < -0.3 is 9.47 Å². The average Bonchev–Trinajstić information content (AvgIpc) is 2.86. The van der Waals surface area contributed by atoms with Gasteiger partial charge in [-0.05, 0) is 78.8 Å². The van der Waals surface area contributed by atoms with Gasteiger partial charge in [-0.25, -0.2) is 0 Å². The van der Waals surface area contributed by atoms with Crippen molar-refractivity contribution < 1.29 is 24.0 Å². The van der Waals surface area contributed by atoms with Crippen molar-refractivity contribution in [3.05, 3.63) is 98.0 Å². The third-order valence-electron chi connectivity index (χ3n) is 5.29. The van der Waals surface area contributed by atoms with E-state index in [0.29, 0.717) is 29.4 Å². The van der Waals surface area contributed by atoms with Gasteiger partial charge in [0.2, 0.25) is 0 Å². The van der Waals surface area contributed by atoms with E-state index >= 15 is 0 Å². The number of nitrogens with zero attached hydrogens (tertiary/aromatic N) is 2. The topological polar surface area (TPSA) is 111 Å². The molecule has 3 aromatic carbocycles. The Morgan fingerprint density at radius 2 is 1.81 bits per heavy atom. The predicted octanol–water partition coefficient (Wildman–Crippen LogP) is 5.17. The number of non-ortho nitro benzene ring substituents is 1. The van der Waals surface area contributed by atoms with Crippen LogP contribution in [0.5, 0.6) is 11.5 Å². The van der Waals surface area contributed by atoms with Gasteiger partial charge in [0.05, 0.1) is 17.2 Å². The fourth-order valence-corrected chi connectivity index (χ4v) is 4.22. The standard InChI is InChI=1S/C26H20BrN3O6S/c1-2-35-23-13-17(8-11-22(23)36-15-16-6-9-19(10-7-16)30(33)34)12-21-24(31)28-26(37)29(25(21)32)20-5-3-4-18(27)14-20/h3-14H,2,15H2,1H3,(H,28,31,37)/b21-12+. The quantitative estimate of drug-likeness (QED) is 0.128. The molecule has 0 unspecified atom stereocenters. The van der Waals surface area contributed by atoms with E-state index in [-0.39, 0.29) is 23.0 Å². The van der Waals surface area contributed by atoms with E-state index in [1.807, 2.05) is 13.0 Å². The maximum absolute atomic E-state index is 13.3. The number of thiocarbonyl (C=S) groups is 1. The highest BCUT2D eigenvalue weighted by molar-refractivity contribution is 9.10. The molecule has 0 bridgehead atoms. The van der Waals surface area contributed by atoms with Gasteiger partial charge in [0.25, 0.3) is 17.5 Å². The van der Waals surface area contributed by atoms with Crippen molar-refractivity contribution in [1.82, 2.24) is 5.32 Å². The van der Waals surface area contributed by atoms with Crippen molar-refractivity contribution in [1.29, 1.82) is 0 Å². The first-order valence-corrected chi connectivity index (χ1v) is 12.3. The Kier molecular flexibility index (Phi) is 7.95. The van der Waals surface area contributed by atoms with E-state index < -0.39 is 16.7 Å². The highest BCUT2D eigenvalue weighted by Crippen LogP contribution is 2.31. The average molecular weight is 582 g/mol. The number of benzene rings is 3. The fraction of sp³-hybridized carbons (Fsp3) is 0.115. The second-order valence-corrected chi connectivity index (χ2v) is 9.09. The summed E-state index contributed by atoms with van der Waals surface area (Å²) in [6.07, 6.45) is 1.47. The van der Waals surface area contributed by atoms with Crippen LogP contribution in [0.4, 0.5) is 11.4 Å². The van der Waals surface area contributed by atoms with Crippen LogP contribution in [0.2, 0.25) is 0 Å². The molecule has 1 fully saturated rings. The molecule has 1 aliphatic rings. The molecule has 3 aromatic rings. The Morgan fingerprint density at radius 1 is 1.05 bits per heavy atom. The van der Waals surface area contributed by atoms with E-state index in [1.54, 1.807) is 48.5 Å². The number of rotatable bonds is 8. The highest BCUT2D eigenvalue weighted by atomic mass is 79.9. The maximum Gasteiger partial charge on any atom is 0.270 e. The van der Waals surface area contributed by atoms with E-state index in [1.165, 1.54) is 23.1 Å². The van der Waals surface area contributed by atoms with Crippen molar-refractivity contribution in [3.63, 3.8) is 0 Å². The normalized spacial score (nSPS) is 14.5. The molecule has 4 rings (SSSR count). The van der Waals surface area contributed by atoms with Crippen LogP contribution in [0.15, 0.2) is 76.8 Å². The third-order valence-corrected chi connectivity index (χ3v) is 6.07. The maximum atomic E-state index is 13.3. The summed E-state index contributed by atoms with van der Waals surface area (Å²) in [6, 6.07) is 18.1. The number of nitro benzene ring substituents is 1. The van der Waals surface area contributed by atoms with Crippen LogP contribution in [0.1, 0.15) is 18.1 Å². The smallest absolute Gasteiger partial charge is 0.270 e. The summed E-state index contributed by atoms with van der Waals surface area (Å²) < 4.78 is 12.3. The van der Waals surface area contributed by atoms with Crippen molar-refractivity contribution in [2.45, 2.75) is 13.5 Å². The lowest BCUT2D eigenvalue weighted by Gasteiger charge is -2.29. The monoisotopic (exact) mass is 581 g/mol. The summed E-state index contributed by atoms with van der Waals surface area (Å²) >= 11 is 8.63. The summed E-state index contributed by atoms with van der Waals surface area (Å²) in [4.78, 5) is 37.5. The summed E-state index contributed by atoms with van der Waals surface area (Å²) in [5, 5.41) is 13.4. The van der Waals surface area contributed by atoms with Gasteiger partial charge in [0.1, 0.15) is 12.2 Å².